The van der Waals surface area contributed by atoms with Crippen LogP contribution in [0.25, 0.3) is 0 Å². The molecule has 0 aromatic heterocycles. The Balaban J connectivity index is 1.71. The monoisotopic (exact) mass is 380 g/mol. The van der Waals surface area contributed by atoms with Crippen molar-refractivity contribution >= 4 is 21.6 Å². The van der Waals surface area contributed by atoms with Gasteiger partial charge in [-0.25, -0.2) is 13.6 Å². The summed E-state index contributed by atoms with van der Waals surface area (Å²) in [5.41, 5.74) is 2.13. The molecular formula is C18H28N4O3S. The fourth-order valence-corrected chi connectivity index (χ4v) is 4.59. The Kier molecular flexibility index (Phi) is 5.39. The van der Waals surface area contributed by atoms with Gasteiger partial charge in [-0.3, -0.25) is 14.6 Å². The molecule has 7 nitrogen and oxygen atoms in total. The number of carbonyl (C=O) groups is 1. The minimum atomic E-state index is -3.81. The number of nitrogens with zero attached hydrogens (tertiary/aromatic N) is 2. The van der Waals surface area contributed by atoms with Crippen molar-refractivity contribution in [3.05, 3.63) is 23.3 Å². The van der Waals surface area contributed by atoms with E-state index in [0.29, 0.717) is 24.3 Å². The molecular weight excluding hydrogens is 352 g/mol. The van der Waals surface area contributed by atoms with Gasteiger partial charge in [0.25, 0.3) is 0 Å². The molecule has 2 aliphatic rings. The van der Waals surface area contributed by atoms with Gasteiger partial charge in [0.1, 0.15) is 0 Å². The highest BCUT2D eigenvalue weighted by molar-refractivity contribution is 7.89. The van der Waals surface area contributed by atoms with Crippen molar-refractivity contribution in [2.45, 2.75) is 50.6 Å². The molecule has 2 fully saturated rings. The summed E-state index contributed by atoms with van der Waals surface area (Å²) in [6, 6.07) is 3.85. The fraction of sp³-hybridized carbons (Fsp3) is 0.611. The molecule has 1 amide bonds. The smallest absolute Gasteiger partial charge is 0.238 e. The minimum Gasteiger partial charge on any atom is -0.325 e. The first-order valence-corrected chi connectivity index (χ1v) is 10.6. The van der Waals surface area contributed by atoms with Crippen molar-refractivity contribution in [3.8, 4) is 0 Å². The highest BCUT2D eigenvalue weighted by Crippen LogP contribution is 2.26. The summed E-state index contributed by atoms with van der Waals surface area (Å²) in [6.07, 6.45) is 2.43. The van der Waals surface area contributed by atoms with Crippen LogP contribution in [0.4, 0.5) is 5.69 Å². The van der Waals surface area contributed by atoms with Gasteiger partial charge in [-0.15, -0.1) is 0 Å². The summed E-state index contributed by atoms with van der Waals surface area (Å²) >= 11 is 0. The van der Waals surface area contributed by atoms with E-state index in [4.69, 9.17) is 5.14 Å². The topological polar surface area (TPSA) is 95.7 Å². The van der Waals surface area contributed by atoms with Crippen molar-refractivity contribution in [1.29, 1.82) is 0 Å². The lowest BCUT2D eigenvalue weighted by atomic mass is 10.1. The quantitative estimate of drug-likeness (QED) is 0.814. The molecule has 2 heterocycles. The van der Waals surface area contributed by atoms with E-state index in [2.05, 4.69) is 22.0 Å². The van der Waals surface area contributed by atoms with Crippen LogP contribution in [0.2, 0.25) is 0 Å². The van der Waals surface area contributed by atoms with E-state index in [1.54, 1.807) is 6.92 Å². The summed E-state index contributed by atoms with van der Waals surface area (Å²) in [6.45, 7) is 9.19. The van der Waals surface area contributed by atoms with Gasteiger partial charge in [-0.2, -0.15) is 0 Å². The number of nitrogens with one attached hydrogen (secondary N) is 1. The van der Waals surface area contributed by atoms with Gasteiger partial charge in [0.2, 0.25) is 15.9 Å². The number of nitrogens with two attached hydrogens (primary N) is 1. The number of hydrogen-bond acceptors (Lipinski definition) is 5. The van der Waals surface area contributed by atoms with Gasteiger partial charge in [0, 0.05) is 30.9 Å². The summed E-state index contributed by atoms with van der Waals surface area (Å²) in [7, 11) is -3.81. The van der Waals surface area contributed by atoms with Gasteiger partial charge in [0.05, 0.1) is 11.4 Å². The third-order valence-corrected chi connectivity index (χ3v) is 6.55. The molecule has 8 heteroatoms. The van der Waals surface area contributed by atoms with E-state index in [0.717, 1.165) is 30.8 Å². The maximum absolute atomic E-state index is 12.6. The number of rotatable bonds is 4. The van der Waals surface area contributed by atoms with Crippen LogP contribution in [0.1, 0.15) is 30.9 Å². The van der Waals surface area contributed by atoms with E-state index >= 15 is 0 Å². The van der Waals surface area contributed by atoms with Gasteiger partial charge >= 0.3 is 0 Å². The molecule has 2 aliphatic heterocycles. The lowest BCUT2D eigenvalue weighted by molar-refractivity contribution is -0.118. The number of sulfonamides is 1. The average molecular weight is 381 g/mol. The highest BCUT2D eigenvalue weighted by atomic mass is 32.2. The van der Waals surface area contributed by atoms with Crippen LogP contribution in [-0.4, -0.2) is 62.4 Å². The molecule has 2 atom stereocenters. The third-order valence-electron chi connectivity index (χ3n) is 5.66. The maximum Gasteiger partial charge on any atom is 0.238 e. The zero-order chi connectivity index (χ0) is 19.1. The lowest BCUT2D eigenvalue weighted by Crippen LogP contribution is -2.56. The Hall–Kier alpha value is -1.48. The molecule has 0 radical (unpaired) electrons. The first kappa shape index (κ1) is 19.3. The molecule has 26 heavy (non-hydrogen) atoms. The molecule has 2 saturated heterocycles. The molecule has 3 N–H and O–H groups in total. The fourth-order valence-electron chi connectivity index (χ4n) is 3.96. The van der Waals surface area contributed by atoms with Crippen LogP contribution < -0.4 is 10.5 Å². The summed E-state index contributed by atoms with van der Waals surface area (Å²) < 4.78 is 23.3. The maximum atomic E-state index is 12.6. The van der Waals surface area contributed by atoms with E-state index in [9.17, 15) is 13.2 Å². The molecule has 1 aromatic rings. The Bertz CT molecular complexity index is 809. The largest absolute Gasteiger partial charge is 0.325 e. The number of anilines is 1. The molecule has 2 unspecified atom stereocenters. The number of piperazine rings is 1. The second kappa shape index (κ2) is 7.26. The van der Waals surface area contributed by atoms with Crippen molar-refractivity contribution < 1.29 is 13.2 Å². The average Bonchev–Trinajstić information content (AvgIpc) is 2.98. The van der Waals surface area contributed by atoms with E-state index in [1.807, 2.05) is 6.92 Å². The number of primary sulfonamides is 1. The second-order valence-corrected chi connectivity index (χ2v) is 9.14. The van der Waals surface area contributed by atoms with Gasteiger partial charge in [-0.05, 0) is 63.4 Å². The number of amides is 1. The predicted octanol–water partition coefficient (Wildman–Crippen LogP) is 1.06. The molecule has 0 bridgehead atoms. The Morgan fingerprint density at radius 3 is 2.73 bits per heavy atom. The van der Waals surface area contributed by atoms with Gasteiger partial charge < -0.3 is 5.32 Å². The third kappa shape index (κ3) is 4.09. The molecule has 0 saturated carbocycles. The van der Waals surface area contributed by atoms with E-state index < -0.39 is 10.0 Å². The number of carbonyl (C=O) groups excluding carboxylic acids is 1. The Morgan fingerprint density at radius 1 is 1.31 bits per heavy atom. The van der Waals surface area contributed by atoms with Gasteiger partial charge in [0.15, 0.2) is 0 Å². The van der Waals surface area contributed by atoms with Crippen LogP contribution in [0, 0.1) is 13.8 Å². The second-order valence-electron chi connectivity index (χ2n) is 7.58. The van der Waals surface area contributed by atoms with E-state index in [1.165, 1.54) is 25.0 Å². The van der Waals surface area contributed by atoms with Crippen LogP contribution in [0.15, 0.2) is 17.0 Å². The summed E-state index contributed by atoms with van der Waals surface area (Å²) in [4.78, 5) is 17.3. The first-order chi connectivity index (χ1) is 12.1. The molecule has 144 valence electrons. The highest BCUT2D eigenvalue weighted by Gasteiger charge is 2.34. The Morgan fingerprint density at radius 2 is 2.04 bits per heavy atom. The van der Waals surface area contributed by atoms with Crippen molar-refractivity contribution in [3.63, 3.8) is 0 Å². The van der Waals surface area contributed by atoms with Crippen molar-refractivity contribution in [2.24, 2.45) is 5.14 Å². The zero-order valence-corrected chi connectivity index (χ0v) is 16.5. The van der Waals surface area contributed by atoms with Crippen molar-refractivity contribution in [1.82, 2.24) is 9.80 Å². The Labute approximate surface area is 155 Å². The summed E-state index contributed by atoms with van der Waals surface area (Å²) in [5.74, 6) is -0.127. The number of hydrogen-bond donors (Lipinski definition) is 2. The van der Waals surface area contributed by atoms with Crippen LogP contribution in [0.5, 0.6) is 0 Å². The lowest BCUT2D eigenvalue weighted by Gasteiger charge is -2.41. The normalized spacial score (nSPS) is 24.5. The first-order valence-electron chi connectivity index (χ1n) is 9.07. The van der Waals surface area contributed by atoms with Crippen LogP contribution in [-0.2, 0) is 14.8 Å². The number of aryl methyl sites for hydroxylation is 1. The molecule has 0 aliphatic carbocycles. The van der Waals surface area contributed by atoms with Crippen molar-refractivity contribution in [2.75, 3.05) is 31.5 Å². The van der Waals surface area contributed by atoms with E-state index in [-0.39, 0.29) is 10.8 Å². The van der Waals surface area contributed by atoms with Crippen LogP contribution >= 0.6 is 0 Å². The summed E-state index contributed by atoms with van der Waals surface area (Å²) in [5, 5.41) is 8.12. The number of benzene rings is 1. The minimum absolute atomic E-state index is 0.0174. The SMILES string of the molecule is Cc1cc(S(N)(=O)=O)cc(NC(=O)CN2CC3CCCN3CC2C)c1C. The molecule has 1 aromatic carbocycles. The zero-order valence-electron chi connectivity index (χ0n) is 15.7. The molecule has 0 spiro atoms. The molecule has 3 rings (SSSR count). The standard InChI is InChI=1S/C18H28N4O3S/c1-12-7-16(26(19,24)25)8-17(14(12)3)20-18(23)11-22-10-15-5-4-6-21(15)9-13(22)2/h7-8,13,15H,4-6,9-11H2,1-3H3,(H,20,23)(H2,19,24,25). The van der Waals surface area contributed by atoms with Crippen LogP contribution in [0.3, 0.4) is 0 Å². The van der Waals surface area contributed by atoms with Gasteiger partial charge in [-0.1, -0.05) is 0 Å². The number of fused-ring (bicyclic) bond motifs is 1. The predicted molar refractivity (Wildman–Crippen MR) is 102 cm³/mol.